The van der Waals surface area contributed by atoms with Crippen molar-refractivity contribution in [2.75, 3.05) is 5.43 Å². The number of nitrogens with one attached hydrogen (secondary N) is 1. The van der Waals surface area contributed by atoms with Gasteiger partial charge in [-0.25, -0.2) is 0 Å². The van der Waals surface area contributed by atoms with E-state index in [2.05, 4.69) is 51.9 Å². The molecule has 1 aliphatic rings. The first-order chi connectivity index (χ1) is 9.43. The van der Waals surface area contributed by atoms with Crippen molar-refractivity contribution in [1.29, 1.82) is 0 Å². The van der Waals surface area contributed by atoms with Crippen molar-refractivity contribution >= 4 is 39.7 Å². The van der Waals surface area contributed by atoms with Crippen LogP contribution in [0.1, 0.15) is 5.56 Å². The first-order valence-corrected chi connectivity index (χ1v) is 6.20. The number of allylic oxidation sites excluding steroid dienone is 1. The van der Waals surface area contributed by atoms with E-state index in [4.69, 9.17) is 0 Å². The molecule has 4 rings (SSSR count). The summed E-state index contributed by atoms with van der Waals surface area (Å²) in [5, 5.41) is 7.64. The topological polar surface area (TPSA) is 37.3 Å². The van der Waals surface area contributed by atoms with E-state index in [-0.39, 0.29) is 0 Å². The third-order valence-electron chi connectivity index (χ3n) is 3.40. The predicted octanol–water partition coefficient (Wildman–Crippen LogP) is 3.81. The predicted molar refractivity (Wildman–Crippen MR) is 80.4 cm³/mol. The quantitative estimate of drug-likeness (QED) is 0.611. The molecule has 0 atom stereocenters. The maximum absolute atomic E-state index is 4.53. The van der Waals surface area contributed by atoms with Gasteiger partial charge in [-0.1, -0.05) is 36.4 Å². The molecule has 3 heteroatoms. The Balaban J connectivity index is 2.23. The molecule has 1 aliphatic heterocycles. The molecule has 0 spiro atoms. The Hall–Kier alpha value is -2.68. The molecule has 0 unspecified atom stereocenters. The summed E-state index contributed by atoms with van der Waals surface area (Å²) in [6.07, 6.45) is 7.66. The Morgan fingerprint density at radius 2 is 1.95 bits per heavy atom. The molecule has 2 aromatic carbocycles. The highest BCUT2D eigenvalue weighted by Gasteiger charge is 2.10. The van der Waals surface area contributed by atoms with E-state index in [0.717, 1.165) is 27.5 Å². The van der Waals surface area contributed by atoms with Crippen molar-refractivity contribution in [2.45, 2.75) is 0 Å². The van der Waals surface area contributed by atoms with Crippen LogP contribution in [-0.4, -0.2) is 11.2 Å². The number of pyridine rings is 1. The molecule has 90 valence electrons. The van der Waals surface area contributed by atoms with Gasteiger partial charge in [0.05, 0.1) is 11.2 Å². The lowest BCUT2D eigenvalue weighted by atomic mass is 10.0. The molecule has 0 amide bonds. The number of anilines is 1. The third-order valence-corrected chi connectivity index (χ3v) is 3.40. The van der Waals surface area contributed by atoms with Gasteiger partial charge in [0.15, 0.2) is 0 Å². The van der Waals surface area contributed by atoms with Crippen LogP contribution in [0.25, 0.3) is 27.8 Å². The van der Waals surface area contributed by atoms with Crippen LogP contribution in [0.15, 0.2) is 53.8 Å². The number of rotatable bonds is 0. The smallest absolute Gasteiger partial charge is 0.0734 e. The second-order valence-electron chi connectivity index (χ2n) is 4.52. The van der Waals surface area contributed by atoms with Crippen molar-refractivity contribution < 1.29 is 0 Å². The van der Waals surface area contributed by atoms with Gasteiger partial charge in [-0.15, -0.1) is 0 Å². The van der Waals surface area contributed by atoms with Crippen molar-refractivity contribution in [1.82, 2.24) is 4.98 Å². The van der Waals surface area contributed by atoms with Crippen molar-refractivity contribution in [2.24, 2.45) is 5.10 Å². The van der Waals surface area contributed by atoms with Crippen molar-refractivity contribution in [3.63, 3.8) is 0 Å². The Kier molecular flexibility index (Phi) is 2.12. The van der Waals surface area contributed by atoms with E-state index < -0.39 is 0 Å². The number of benzene rings is 2. The average Bonchev–Trinajstić information content (AvgIpc) is 2.72. The minimum absolute atomic E-state index is 0.982. The third kappa shape index (κ3) is 1.52. The molecule has 0 radical (unpaired) electrons. The average molecular weight is 245 g/mol. The molecule has 0 bridgehead atoms. The first kappa shape index (κ1) is 10.3. The first-order valence-electron chi connectivity index (χ1n) is 6.20. The molecular formula is C16H11N3. The van der Waals surface area contributed by atoms with E-state index in [1.165, 1.54) is 5.39 Å². The van der Waals surface area contributed by atoms with Gasteiger partial charge < -0.3 is 0 Å². The molecule has 1 aromatic heterocycles. The highest BCUT2D eigenvalue weighted by Crippen LogP contribution is 2.33. The fourth-order valence-electron chi connectivity index (χ4n) is 2.52. The molecule has 3 aromatic rings. The normalized spacial score (nSPS) is 13.3. The molecule has 0 fully saturated rings. The van der Waals surface area contributed by atoms with Crippen LogP contribution in [0.2, 0.25) is 0 Å². The fourth-order valence-corrected chi connectivity index (χ4v) is 2.52. The van der Waals surface area contributed by atoms with Crippen LogP contribution in [0.4, 0.5) is 5.69 Å². The van der Waals surface area contributed by atoms with Crippen LogP contribution in [0.5, 0.6) is 0 Å². The molecule has 3 nitrogen and oxygen atoms in total. The fraction of sp³-hybridized carbons (Fsp3) is 0. The van der Waals surface area contributed by atoms with Gasteiger partial charge in [-0.3, -0.25) is 10.4 Å². The van der Waals surface area contributed by atoms with E-state index in [1.54, 1.807) is 6.21 Å². The molecule has 1 N–H and O–H groups in total. The monoisotopic (exact) mass is 245 g/mol. The minimum Gasteiger partial charge on any atom is -0.277 e. The lowest BCUT2D eigenvalue weighted by Gasteiger charge is -2.11. The van der Waals surface area contributed by atoms with Crippen LogP contribution in [0.3, 0.4) is 0 Å². The maximum Gasteiger partial charge on any atom is 0.0734 e. The number of hydrogen-bond donors (Lipinski definition) is 1. The summed E-state index contributed by atoms with van der Waals surface area (Å²) in [7, 11) is 0. The number of nitrogens with zero attached hydrogens (tertiary/aromatic N) is 2. The van der Waals surface area contributed by atoms with E-state index >= 15 is 0 Å². The van der Waals surface area contributed by atoms with E-state index in [9.17, 15) is 0 Å². The van der Waals surface area contributed by atoms with E-state index in [1.807, 2.05) is 18.3 Å². The molecule has 2 heterocycles. The van der Waals surface area contributed by atoms with Gasteiger partial charge in [0.2, 0.25) is 0 Å². The van der Waals surface area contributed by atoms with Crippen molar-refractivity contribution in [3.05, 3.63) is 54.2 Å². The van der Waals surface area contributed by atoms with Gasteiger partial charge in [0.25, 0.3) is 0 Å². The Labute approximate surface area is 110 Å². The summed E-state index contributed by atoms with van der Waals surface area (Å²) in [4.78, 5) is 4.53. The zero-order chi connectivity index (χ0) is 12.7. The Bertz CT molecular complexity index is 847. The van der Waals surface area contributed by atoms with Crippen LogP contribution >= 0.6 is 0 Å². The van der Waals surface area contributed by atoms with Gasteiger partial charge >= 0.3 is 0 Å². The Morgan fingerprint density at radius 1 is 1.00 bits per heavy atom. The zero-order valence-corrected chi connectivity index (χ0v) is 10.2. The van der Waals surface area contributed by atoms with Crippen LogP contribution in [0, 0.1) is 0 Å². The van der Waals surface area contributed by atoms with Gasteiger partial charge in [0, 0.05) is 28.7 Å². The van der Waals surface area contributed by atoms with Gasteiger partial charge in [0.1, 0.15) is 0 Å². The number of hydrazone groups is 1. The highest BCUT2D eigenvalue weighted by atomic mass is 15.3. The summed E-state index contributed by atoms with van der Waals surface area (Å²) >= 11 is 0. The zero-order valence-electron chi connectivity index (χ0n) is 10.2. The number of fused-ring (bicyclic) bond motifs is 5. The van der Waals surface area contributed by atoms with Crippen LogP contribution in [-0.2, 0) is 0 Å². The molecular weight excluding hydrogens is 234 g/mol. The summed E-state index contributed by atoms with van der Waals surface area (Å²) in [5.74, 6) is 0. The lowest BCUT2D eigenvalue weighted by Crippen LogP contribution is -1.93. The standard InChI is InChI=1S/C16H11N3/c1-2-6-13-12(4-1)10-17-14-8-7-11-5-3-9-18-19-16(11)15(13)14/h1-10,19H. The number of hydrogen-bond acceptors (Lipinski definition) is 3. The number of aromatic nitrogens is 1. The summed E-state index contributed by atoms with van der Waals surface area (Å²) < 4.78 is 0. The van der Waals surface area contributed by atoms with Gasteiger partial charge in [-0.05, 0) is 17.5 Å². The SMILES string of the molecule is C1=Cc2ccc3ncc4ccccc4c3c2NN=C1. The highest BCUT2D eigenvalue weighted by molar-refractivity contribution is 6.13. The summed E-state index contributed by atoms with van der Waals surface area (Å²) in [6.45, 7) is 0. The molecule has 0 aliphatic carbocycles. The molecule has 19 heavy (non-hydrogen) atoms. The Morgan fingerprint density at radius 3 is 2.95 bits per heavy atom. The van der Waals surface area contributed by atoms with Gasteiger partial charge in [-0.2, -0.15) is 5.10 Å². The summed E-state index contributed by atoms with van der Waals surface area (Å²) in [5.41, 5.74) is 6.26. The summed E-state index contributed by atoms with van der Waals surface area (Å²) in [6, 6.07) is 12.4. The minimum atomic E-state index is 0.982. The van der Waals surface area contributed by atoms with E-state index in [0.29, 0.717) is 0 Å². The second-order valence-corrected chi connectivity index (χ2v) is 4.52. The molecule has 0 saturated heterocycles. The maximum atomic E-state index is 4.53. The van der Waals surface area contributed by atoms with Crippen molar-refractivity contribution in [3.8, 4) is 0 Å². The molecule has 0 saturated carbocycles. The largest absolute Gasteiger partial charge is 0.277 e. The second kappa shape index (κ2) is 3.92. The van der Waals surface area contributed by atoms with Crippen LogP contribution < -0.4 is 5.43 Å². The lowest BCUT2D eigenvalue weighted by molar-refractivity contribution is 1.36.